The standard InChI is InChI=1S/C21H21ClN2O2/c1-14-3-5-15(6-4-14)19-20(16-7-9-17(22)10-8-16)23-26-21(19)13-24(2)12-11-18(21)25/h3-10,19H,11-13H2,1-2H3. The Morgan fingerprint density at radius 1 is 1.15 bits per heavy atom. The van der Waals surface area contributed by atoms with Crippen LogP contribution in [0.2, 0.25) is 5.02 Å². The average Bonchev–Trinajstić information content (AvgIpc) is 3.00. The van der Waals surface area contributed by atoms with Gasteiger partial charge in [-0.25, -0.2) is 0 Å². The molecular weight excluding hydrogens is 348 g/mol. The van der Waals surface area contributed by atoms with E-state index < -0.39 is 5.60 Å². The Morgan fingerprint density at radius 2 is 1.85 bits per heavy atom. The highest BCUT2D eigenvalue weighted by molar-refractivity contribution is 6.30. The number of ketones is 1. The van der Waals surface area contributed by atoms with Crippen LogP contribution in [0.5, 0.6) is 0 Å². The van der Waals surface area contributed by atoms with Crippen molar-refractivity contribution in [2.45, 2.75) is 24.9 Å². The lowest BCUT2D eigenvalue weighted by molar-refractivity contribution is -0.150. The highest BCUT2D eigenvalue weighted by atomic mass is 35.5. The van der Waals surface area contributed by atoms with Gasteiger partial charge in [-0.05, 0) is 31.7 Å². The van der Waals surface area contributed by atoms with E-state index in [1.165, 1.54) is 5.56 Å². The fraction of sp³-hybridized carbons (Fsp3) is 0.333. The maximum Gasteiger partial charge on any atom is 0.220 e. The number of carbonyl (C=O) groups is 1. The molecule has 0 aromatic heterocycles. The van der Waals surface area contributed by atoms with E-state index in [-0.39, 0.29) is 11.7 Å². The Hall–Kier alpha value is -2.17. The molecule has 2 atom stereocenters. The third kappa shape index (κ3) is 2.83. The summed E-state index contributed by atoms with van der Waals surface area (Å²) in [5.74, 6) is -0.117. The number of Topliss-reactive ketones (excluding diaryl/α,β-unsaturated/α-hetero) is 1. The van der Waals surface area contributed by atoms with Gasteiger partial charge in [0.25, 0.3) is 0 Å². The number of hydrogen-bond donors (Lipinski definition) is 0. The summed E-state index contributed by atoms with van der Waals surface area (Å²) in [6, 6.07) is 15.8. The molecule has 0 radical (unpaired) electrons. The zero-order chi connectivity index (χ0) is 18.3. The number of likely N-dealkylation sites (N-methyl/N-ethyl adjacent to an activating group) is 1. The molecule has 0 N–H and O–H groups in total. The number of hydrogen-bond acceptors (Lipinski definition) is 4. The second-order valence-corrected chi connectivity index (χ2v) is 7.66. The minimum Gasteiger partial charge on any atom is -0.378 e. The normalized spacial score (nSPS) is 26.0. The molecule has 2 aromatic carbocycles. The van der Waals surface area contributed by atoms with E-state index in [0.717, 1.165) is 23.4 Å². The molecule has 0 saturated carbocycles. The van der Waals surface area contributed by atoms with Crippen LogP contribution in [0.3, 0.4) is 0 Å². The van der Waals surface area contributed by atoms with Crippen LogP contribution < -0.4 is 0 Å². The quantitative estimate of drug-likeness (QED) is 0.809. The molecule has 0 amide bonds. The number of rotatable bonds is 2. The molecule has 134 valence electrons. The lowest BCUT2D eigenvalue weighted by Crippen LogP contribution is -2.57. The Balaban J connectivity index is 1.83. The number of piperidine rings is 1. The van der Waals surface area contributed by atoms with Gasteiger partial charge >= 0.3 is 0 Å². The second-order valence-electron chi connectivity index (χ2n) is 7.22. The van der Waals surface area contributed by atoms with Gasteiger partial charge in [-0.3, -0.25) is 4.79 Å². The number of nitrogens with zero attached hydrogens (tertiary/aromatic N) is 2. The van der Waals surface area contributed by atoms with Crippen LogP contribution in [-0.4, -0.2) is 42.1 Å². The van der Waals surface area contributed by atoms with Gasteiger partial charge in [0.15, 0.2) is 5.78 Å². The summed E-state index contributed by atoms with van der Waals surface area (Å²) in [6.45, 7) is 3.34. The van der Waals surface area contributed by atoms with Crippen molar-refractivity contribution in [3.05, 3.63) is 70.2 Å². The maximum absolute atomic E-state index is 13.0. The van der Waals surface area contributed by atoms with E-state index in [1.807, 2.05) is 31.3 Å². The molecule has 4 rings (SSSR count). The second kappa shape index (κ2) is 6.53. The predicted molar refractivity (Wildman–Crippen MR) is 103 cm³/mol. The third-order valence-corrected chi connectivity index (χ3v) is 5.55. The van der Waals surface area contributed by atoms with Crippen LogP contribution in [0.4, 0.5) is 0 Å². The van der Waals surface area contributed by atoms with E-state index in [2.05, 4.69) is 41.2 Å². The van der Waals surface area contributed by atoms with Crippen molar-refractivity contribution < 1.29 is 9.63 Å². The van der Waals surface area contributed by atoms with E-state index in [0.29, 0.717) is 18.0 Å². The van der Waals surface area contributed by atoms with Crippen LogP contribution in [0.25, 0.3) is 0 Å². The van der Waals surface area contributed by atoms with Crippen LogP contribution in [0.1, 0.15) is 29.0 Å². The summed E-state index contributed by atoms with van der Waals surface area (Å²) in [6.07, 6.45) is 0.474. The molecule has 5 heteroatoms. The summed E-state index contributed by atoms with van der Waals surface area (Å²) in [5.41, 5.74) is 2.98. The van der Waals surface area contributed by atoms with Crippen molar-refractivity contribution in [2.75, 3.05) is 20.1 Å². The van der Waals surface area contributed by atoms with Crippen LogP contribution in [0, 0.1) is 6.92 Å². The number of benzene rings is 2. The minimum absolute atomic E-state index is 0.119. The monoisotopic (exact) mass is 368 g/mol. The average molecular weight is 369 g/mol. The van der Waals surface area contributed by atoms with Crippen LogP contribution in [0.15, 0.2) is 53.7 Å². The Morgan fingerprint density at radius 3 is 2.54 bits per heavy atom. The summed E-state index contributed by atoms with van der Waals surface area (Å²) in [5, 5.41) is 5.07. The van der Waals surface area contributed by atoms with E-state index in [1.54, 1.807) is 0 Å². The highest BCUT2D eigenvalue weighted by Gasteiger charge is 2.57. The maximum atomic E-state index is 13.0. The SMILES string of the molecule is Cc1ccc(C2C(c3ccc(Cl)cc3)=NOC23CN(C)CCC3=O)cc1. The summed E-state index contributed by atoms with van der Waals surface area (Å²) in [7, 11) is 2.02. The molecule has 2 unspecified atom stereocenters. The molecule has 4 nitrogen and oxygen atoms in total. The zero-order valence-corrected chi connectivity index (χ0v) is 15.7. The zero-order valence-electron chi connectivity index (χ0n) is 14.9. The molecule has 1 spiro atoms. The van der Waals surface area contributed by atoms with E-state index >= 15 is 0 Å². The first kappa shape index (κ1) is 17.3. The summed E-state index contributed by atoms with van der Waals surface area (Å²) < 4.78 is 0. The van der Waals surface area contributed by atoms with Crippen molar-refractivity contribution >= 4 is 23.1 Å². The van der Waals surface area contributed by atoms with Crippen molar-refractivity contribution in [1.82, 2.24) is 4.90 Å². The van der Waals surface area contributed by atoms with Crippen molar-refractivity contribution in [3.63, 3.8) is 0 Å². The molecule has 0 aliphatic carbocycles. The lowest BCUT2D eigenvalue weighted by atomic mass is 9.73. The van der Waals surface area contributed by atoms with Gasteiger partial charge in [-0.1, -0.05) is 58.7 Å². The minimum atomic E-state index is -0.961. The van der Waals surface area contributed by atoms with Crippen molar-refractivity contribution in [2.24, 2.45) is 5.16 Å². The lowest BCUT2D eigenvalue weighted by Gasteiger charge is -2.39. The topological polar surface area (TPSA) is 41.9 Å². The van der Waals surface area contributed by atoms with Gasteiger partial charge in [0.2, 0.25) is 5.60 Å². The molecule has 0 bridgehead atoms. The number of likely N-dealkylation sites (tertiary alicyclic amines) is 1. The third-order valence-electron chi connectivity index (χ3n) is 5.29. The Labute approximate surface area is 158 Å². The van der Waals surface area contributed by atoms with Crippen molar-refractivity contribution in [1.29, 1.82) is 0 Å². The van der Waals surface area contributed by atoms with Gasteiger partial charge in [0, 0.05) is 30.1 Å². The first-order valence-corrected chi connectivity index (χ1v) is 9.18. The van der Waals surface area contributed by atoms with Gasteiger partial charge in [0.05, 0.1) is 11.6 Å². The smallest absolute Gasteiger partial charge is 0.220 e. The highest BCUT2D eigenvalue weighted by Crippen LogP contribution is 2.43. The molecule has 1 saturated heterocycles. The molecule has 2 heterocycles. The molecule has 2 aliphatic heterocycles. The number of aryl methyl sites for hydroxylation is 1. The van der Waals surface area contributed by atoms with Gasteiger partial charge < -0.3 is 9.74 Å². The molecule has 2 aliphatic rings. The van der Waals surface area contributed by atoms with E-state index in [4.69, 9.17) is 16.4 Å². The fourth-order valence-electron chi connectivity index (χ4n) is 3.89. The molecule has 1 fully saturated rings. The molecular formula is C21H21ClN2O2. The van der Waals surface area contributed by atoms with Crippen LogP contribution in [-0.2, 0) is 9.63 Å². The first-order valence-electron chi connectivity index (χ1n) is 8.80. The summed E-state index contributed by atoms with van der Waals surface area (Å²) >= 11 is 6.04. The summed E-state index contributed by atoms with van der Waals surface area (Å²) in [4.78, 5) is 21.1. The fourth-order valence-corrected chi connectivity index (χ4v) is 4.01. The first-order chi connectivity index (χ1) is 12.5. The van der Waals surface area contributed by atoms with Gasteiger partial charge in [0.1, 0.15) is 0 Å². The van der Waals surface area contributed by atoms with Gasteiger partial charge in [-0.15, -0.1) is 0 Å². The Kier molecular flexibility index (Phi) is 4.33. The number of carbonyl (C=O) groups excluding carboxylic acids is 1. The Bertz CT molecular complexity index is 861. The van der Waals surface area contributed by atoms with Crippen LogP contribution >= 0.6 is 11.6 Å². The van der Waals surface area contributed by atoms with E-state index in [9.17, 15) is 4.79 Å². The largest absolute Gasteiger partial charge is 0.378 e. The number of halogens is 1. The molecule has 26 heavy (non-hydrogen) atoms. The molecule has 2 aromatic rings. The van der Waals surface area contributed by atoms with Crippen molar-refractivity contribution in [3.8, 4) is 0 Å². The number of oxime groups is 1. The van der Waals surface area contributed by atoms with Gasteiger partial charge in [-0.2, -0.15) is 0 Å². The predicted octanol–water partition coefficient (Wildman–Crippen LogP) is 3.81.